The van der Waals surface area contributed by atoms with Gasteiger partial charge in [0.05, 0.1) is 0 Å². The third-order valence-electron chi connectivity index (χ3n) is 12.2. The Morgan fingerprint density at radius 1 is 0.276 bits per heavy atom. The lowest BCUT2D eigenvalue weighted by atomic mass is 9.84. The molecule has 0 bridgehead atoms. The number of rotatable bonds is 6. The summed E-state index contributed by atoms with van der Waals surface area (Å²) in [6, 6.07) is 74.1. The zero-order valence-corrected chi connectivity index (χ0v) is 32.2. The first-order valence-electron chi connectivity index (χ1n) is 20.4. The highest BCUT2D eigenvalue weighted by Crippen LogP contribution is 2.46. The average molecular weight is 737 g/mol. The van der Waals surface area contributed by atoms with E-state index in [1.807, 2.05) is 0 Å². The summed E-state index contributed by atoms with van der Waals surface area (Å²) in [5, 5.41) is 10.2. The van der Waals surface area contributed by atoms with Crippen LogP contribution in [0.1, 0.15) is 18.4 Å². The van der Waals surface area contributed by atoms with Crippen LogP contribution in [0.15, 0.2) is 218 Å². The molecular weight excluding hydrogens is 697 g/mol. The van der Waals surface area contributed by atoms with Crippen molar-refractivity contribution in [2.45, 2.75) is 12.8 Å². The predicted molar refractivity (Wildman–Crippen MR) is 250 cm³/mol. The van der Waals surface area contributed by atoms with Gasteiger partial charge in [0.25, 0.3) is 0 Å². The molecule has 1 aliphatic rings. The summed E-state index contributed by atoms with van der Waals surface area (Å²) in [6.07, 6.45) is 8.92. The summed E-state index contributed by atoms with van der Waals surface area (Å²) in [5.74, 6) is 0. The van der Waals surface area contributed by atoms with E-state index in [1.54, 1.807) is 0 Å². The van der Waals surface area contributed by atoms with Crippen LogP contribution in [0.4, 0.5) is 0 Å². The van der Waals surface area contributed by atoms with Crippen LogP contribution in [-0.4, -0.2) is 0 Å². The van der Waals surface area contributed by atoms with E-state index in [-0.39, 0.29) is 0 Å². The Bertz CT molecular complexity index is 3120. The van der Waals surface area contributed by atoms with E-state index >= 15 is 0 Å². The molecule has 0 atom stereocenters. The average Bonchev–Trinajstić information content (AvgIpc) is 3.30. The van der Waals surface area contributed by atoms with Crippen molar-refractivity contribution in [1.29, 1.82) is 0 Å². The maximum absolute atomic E-state index is 2.45. The van der Waals surface area contributed by atoms with Gasteiger partial charge in [0.15, 0.2) is 0 Å². The van der Waals surface area contributed by atoms with E-state index in [9.17, 15) is 0 Å². The predicted octanol–water partition coefficient (Wildman–Crippen LogP) is 16.4. The molecule has 1 aliphatic carbocycles. The molecule has 0 radical (unpaired) electrons. The summed E-state index contributed by atoms with van der Waals surface area (Å²) < 4.78 is 0. The molecule has 0 heteroatoms. The number of fused-ring (bicyclic) bond motifs is 4. The number of benzene rings is 10. The van der Waals surface area contributed by atoms with E-state index < -0.39 is 0 Å². The molecule has 0 saturated carbocycles. The normalized spacial score (nSPS) is 12.7. The lowest BCUT2D eigenvalue weighted by molar-refractivity contribution is 1.06. The fourth-order valence-electron chi connectivity index (χ4n) is 9.47. The summed E-state index contributed by atoms with van der Waals surface area (Å²) in [4.78, 5) is 0. The van der Waals surface area contributed by atoms with E-state index in [4.69, 9.17) is 0 Å². The Morgan fingerprint density at radius 3 is 1.00 bits per heavy atom. The van der Waals surface area contributed by atoms with Gasteiger partial charge in [-0.3, -0.25) is 0 Å². The minimum absolute atomic E-state index is 1.05. The van der Waals surface area contributed by atoms with Crippen molar-refractivity contribution < 1.29 is 0 Å². The zero-order chi connectivity index (χ0) is 38.4. The molecule has 11 rings (SSSR count). The van der Waals surface area contributed by atoms with Crippen molar-refractivity contribution in [2.75, 3.05) is 0 Å². The SMILES string of the molecule is C1=CCCC(c2cccc3c(-c4ccc(-c5c6cccc(-c7ccccc7)c6cc6c(-c7ccccc7)cccc56)cc4)c4cccc(-c5ccccc5)c4cc23)=C1. The van der Waals surface area contributed by atoms with Gasteiger partial charge >= 0.3 is 0 Å². The van der Waals surface area contributed by atoms with Crippen molar-refractivity contribution in [3.8, 4) is 55.6 Å². The van der Waals surface area contributed by atoms with E-state index in [1.165, 1.54) is 110 Å². The van der Waals surface area contributed by atoms with Crippen LogP contribution in [0.25, 0.3) is 104 Å². The Hall–Kier alpha value is -7.28. The molecule has 10 aromatic carbocycles. The van der Waals surface area contributed by atoms with Crippen LogP contribution in [-0.2, 0) is 0 Å². The zero-order valence-electron chi connectivity index (χ0n) is 32.2. The first kappa shape index (κ1) is 34.0. The van der Waals surface area contributed by atoms with Gasteiger partial charge < -0.3 is 0 Å². The van der Waals surface area contributed by atoms with Crippen molar-refractivity contribution in [3.05, 3.63) is 224 Å². The third-order valence-corrected chi connectivity index (χ3v) is 12.2. The molecule has 0 nitrogen and oxygen atoms in total. The molecule has 0 N–H and O–H groups in total. The lowest BCUT2D eigenvalue weighted by Gasteiger charge is -2.19. The maximum atomic E-state index is 2.45. The molecule has 0 amide bonds. The van der Waals surface area contributed by atoms with Crippen LogP contribution < -0.4 is 0 Å². The Kier molecular flexibility index (Phi) is 8.41. The molecule has 10 aromatic rings. The highest BCUT2D eigenvalue weighted by atomic mass is 14.2. The second kappa shape index (κ2) is 14.3. The molecule has 272 valence electrons. The fraction of sp³-hybridized carbons (Fsp3) is 0.0345. The molecule has 0 fully saturated rings. The Morgan fingerprint density at radius 2 is 0.638 bits per heavy atom. The van der Waals surface area contributed by atoms with Crippen molar-refractivity contribution in [2.24, 2.45) is 0 Å². The highest BCUT2D eigenvalue weighted by Gasteiger charge is 2.19. The van der Waals surface area contributed by atoms with Crippen LogP contribution >= 0.6 is 0 Å². The molecular formula is C58H40. The lowest BCUT2D eigenvalue weighted by Crippen LogP contribution is -1.94. The number of hydrogen-bond acceptors (Lipinski definition) is 0. The van der Waals surface area contributed by atoms with Crippen LogP contribution in [0.3, 0.4) is 0 Å². The molecule has 0 saturated heterocycles. The van der Waals surface area contributed by atoms with Crippen LogP contribution in [0.2, 0.25) is 0 Å². The van der Waals surface area contributed by atoms with E-state index in [0.717, 1.165) is 12.8 Å². The summed E-state index contributed by atoms with van der Waals surface area (Å²) in [7, 11) is 0. The van der Waals surface area contributed by atoms with Gasteiger partial charge in [-0.25, -0.2) is 0 Å². The maximum Gasteiger partial charge on any atom is -0.00264 e. The largest absolute Gasteiger partial charge is 0.0842 e. The fourth-order valence-corrected chi connectivity index (χ4v) is 9.47. The quantitative estimate of drug-likeness (QED) is 0.149. The van der Waals surface area contributed by atoms with Gasteiger partial charge in [0.1, 0.15) is 0 Å². The minimum atomic E-state index is 1.05. The number of hydrogen-bond donors (Lipinski definition) is 0. The van der Waals surface area contributed by atoms with Gasteiger partial charge in [-0.1, -0.05) is 206 Å². The van der Waals surface area contributed by atoms with Crippen LogP contribution in [0, 0.1) is 0 Å². The molecule has 0 heterocycles. The smallest absolute Gasteiger partial charge is 0.00264 e. The van der Waals surface area contributed by atoms with Crippen molar-refractivity contribution >= 4 is 48.7 Å². The first-order chi connectivity index (χ1) is 28.8. The Labute approximate surface area is 339 Å². The van der Waals surface area contributed by atoms with Gasteiger partial charge in [-0.2, -0.15) is 0 Å². The van der Waals surface area contributed by atoms with E-state index in [0.29, 0.717) is 0 Å². The topological polar surface area (TPSA) is 0 Å². The standard InChI is InChI=1S/C58H40/c1-5-17-39(18-6-1)45-25-13-29-49-53(45)37-54-46(40-19-7-2-8-20-40)26-14-30-50(54)57(49)43-33-35-44(36-34-43)58-51-31-15-27-47(41-21-9-3-10-22-41)55(51)38-56-48(28-16-32-52(56)58)42-23-11-4-12-24-42/h1-11,13-23,25-38H,12,24H2. The molecule has 0 aromatic heterocycles. The minimum Gasteiger partial charge on any atom is -0.0842 e. The van der Waals surface area contributed by atoms with Gasteiger partial charge in [-0.15, -0.1) is 0 Å². The summed E-state index contributed by atoms with van der Waals surface area (Å²) >= 11 is 0. The van der Waals surface area contributed by atoms with Crippen molar-refractivity contribution in [3.63, 3.8) is 0 Å². The molecule has 0 aliphatic heterocycles. The summed E-state index contributed by atoms with van der Waals surface area (Å²) in [5.41, 5.74) is 15.2. The van der Waals surface area contributed by atoms with Gasteiger partial charge in [0, 0.05) is 0 Å². The van der Waals surface area contributed by atoms with Crippen molar-refractivity contribution in [1.82, 2.24) is 0 Å². The van der Waals surface area contributed by atoms with Crippen LogP contribution in [0.5, 0.6) is 0 Å². The molecule has 0 spiro atoms. The Balaban J connectivity index is 1.17. The second-order valence-electron chi connectivity index (χ2n) is 15.4. The first-order valence-corrected chi connectivity index (χ1v) is 20.4. The third kappa shape index (κ3) is 5.77. The number of allylic oxidation sites excluding steroid dienone is 4. The van der Waals surface area contributed by atoms with E-state index in [2.05, 4.69) is 218 Å². The van der Waals surface area contributed by atoms with Gasteiger partial charge in [0.2, 0.25) is 0 Å². The molecule has 0 unspecified atom stereocenters. The summed E-state index contributed by atoms with van der Waals surface area (Å²) in [6.45, 7) is 0. The second-order valence-corrected chi connectivity index (χ2v) is 15.4. The monoisotopic (exact) mass is 736 g/mol. The highest BCUT2D eigenvalue weighted by molar-refractivity contribution is 6.20. The molecule has 58 heavy (non-hydrogen) atoms. The van der Waals surface area contributed by atoms with Gasteiger partial charge in [-0.05, 0) is 135 Å².